The van der Waals surface area contributed by atoms with Crippen molar-refractivity contribution in [3.8, 4) is 5.75 Å². The molecule has 0 saturated heterocycles. The molecule has 1 aromatic heterocycles. The van der Waals surface area contributed by atoms with Crippen LogP contribution in [0.2, 0.25) is 0 Å². The topological polar surface area (TPSA) is 53.1 Å². The van der Waals surface area contributed by atoms with Crippen molar-refractivity contribution < 1.29 is 9.90 Å². The molecule has 0 aliphatic heterocycles. The van der Waals surface area contributed by atoms with Crippen LogP contribution in [0.25, 0.3) is 0 Å². The highest BCUT2D eigenvalue weighted by atomic mass is 79.9. The molecule has 3 nitrogen and oxygen atoms in total. The molecular weight excluding hydrogens is 434 g/mol. The van der Waals surface area contributed by atoms with Gasteiger partial charge in [0.15, 0.2) is 5.78 Å². The number of nitrogens with one attached hydrogen (secondary N) is 1. The Morgan fingerprint density at radius 3 is 1.79 bits per heavy atom. The molecule has 0 amide bonds. The van der Waals surface area contributed by atoms with E-state index in [-0.39, 0.29) is 22.4 Å². The summed E-state index contributed by atoms with van der Waals surface area (Å²) < 4.78 is 1.44. The van der Waals surface area contributed by atoms with Gasteiger partial charge in [-0.05, 0) is 54.8 Å². The number of hydrogen-bond acceptors (Lipinski definition) is 2. The highest BCUT2D eigenvalue weighted by molar-refractivity contribution is 9.13. The maximum atomic E-state index is 13.0. The minimum atomic E-state index is -0.268. The highest BCUT2D eigenvalue weighted by Gasteiger charge is 2.28. The van der Waals surface area contributed by atoms with Crippen molar-refractivity contribution in [2.24, 2.45) is 0 Å². The van der Waals surface area contributed by atoms with E-state index in [1.807, 2.05) is 41.5 Å². The number of carbonyl (C=O) groups excluding carboxylic acids is 1. The summed E-state index contributed by atoms with van der Waals surface area (Å²) in [7, 11) is 0. The molecule has 2 rings (SSSR count). The van der Waals surface area contributed by atoms with Gasteiger partial charge in [0.2, 0.25) is 0 Å². The predicted molar refractivity (Wildman–Crippen MR) is 105 cm³/mol. The second-order valence-electron chi connectivity index (χ2n) is 8.08. The van der Waals surface area contributed by atoms with E-state index in [9.17, 15) is 9.90 Å². The molecule has 130 valence electrons. The van der Waals surface area contributed by atoms with Crippen molar-refractivity contribution in [1.29, 1.82) is 0 Å². The van der Waals surface area contributed by atoms with Gasteiger partial charge in [-0.3, -0.25) is 4.79 Å². The van der Waals surface area contributed by atoms with Crippen LogP contribution < -0.4 is 0 Å². The van der Waals surface area contributed by atoms with E-state index < -0.39 is 0 Å². The number of rotatable bonds is 2. The van der Waals surface area contributed by atoms with Crippen LogP contribution in [0.15, 0.2) is 27.4 Å². The molecule has 0 bridgehead atoms. The average molecular weight is 457 g/mol. The Morgan fingerprint density at radius 1 is 1.00 bits per heavy atom. The molecule has 0 unspecified atom stereocenters. The minimum Gasteiger partial charge on any atom is -0.507 e. The molecule has 0 saturated carbocycles. The second-order valence-corrected chi connectivity index (χ2v) is 9.67. The number of carbonyl (C=O) groups is 1. The minimum absolute atomic E-state index is 0.0835. The molecule has 1 aromatic carbocycles. The quantitative estimate of drug-likeness (QED) is 0.538. The molecule has 0 spiro atoms. The van der Waals surface area contributed by atoms with Crippen molar-refractivity contribution in [2.45, 2.75) is 52.4 Å². The van der Waals surface area contributed by atoms with Crippen molar-refractivity contribution in [3.63, 3.8) is 0 Å². The maximum Gasteiger partial charge on any atom is 0.195 e. The van der Waals surface area contributed by atoms with Crippen molar-refractivity contribution in [2.75, 3.05) is 0 Å². The number of aromatic amines is 1. The third-order valence-electron chi connectivity index (χ3n) is 4.01. The Kier molecular flexibility index (Phi) is 5.09. The first-order valence-electron chi connectivity index (χ1n) is 7.79. The van der Waals surface area contributed by atoms with Gasteiger partial charge in [-0.15, -0.1) is 0 Å². The summed E-state index contributed by atoms with van der Waals surface area (Å²) in [5, 5.41) is 10.8. The fourth-order valence-corrected chi connectivity index (χ4v) is 3.35. The monoisotopic (exact) mass is 455 g/mol. The lowest BCUT2D eigenvalue weighted by atomic mass is 9.78. The van der Waals surface area contributed by atoms with Gasteiger partial charge in [0.25, 0.3) is 0 Å². The molecule has 0 aliphatic rings. The fraction of sp³-hybridized carbons (Fsp3) is 0.421. The van der Waals surface area contributed by atoms with Crippen LogP contribution in [-0.2, 0) is 10.8 Å². The molecule has 0 fully saturated rings. The van der Waals surface area contributed by atoms with E-state index in [2.05, 4.69) is 36.8 Å². The highest BCUT2D eigenvalue weighted by Crippen LogP contribution is 2.40. The summed E-state index contributed by atoms with van der Waals surface area (Å²) in [6.07, 6.45) is 1.68. The third-order valence-corrected chi connectivity index (χ3v) is 5.99. The molecule has 2 aromatic rings. The lowest BCUT2D eigenvalue weighted by Gasteiger charge is -2.28. The van der Waals surface area contributed by atoms with E-state index in [4.69, 9.17) is 0 Å². The first-order valence-corrected chi connectivity index (χ1v) is 9.37. The summed E-state index contributed by atoms with van der Waals surface area (Å²) in [4.78, 5) is 16.0. The number of hydrogen-bond donors (Lipinski definition) is 2. The van der Waals surface area contributed by atoms with Crippen LogP contribution in [0.4, 0.5) is 0 Å². The fourth-order valence-electron chi connectivity index (χ4n) is 2.61. The zero-order valence-corrected chi connectivity index (χ0v) is 18.0. The van der Waals surface area contributed by atoms with Gasteiger partial charge in [-0.2, -0.15) is 0 Å². The number of phenols is 1. The Balaban J connectivity index is 2.71. The van der Waals surface area contributed by atoms with E-state index in [0.29, 0.717) is 15.6 Å². The average Bonchev–Trinajstić information content (AvgIpc) is 2.76. The Bertz CT molecular complexity index is 758. The lowest BCUT2D eigenvalue weighted by molar-refractivity contribution is 0.103. The number of halogens is 2. The normalized spacial score (nSPS) is 12.5. The molecule has 24 heavy (non-hydrogen) atoms. The predicted octanol–water partition coefficient (Wildman–Crippen LogP) is 6.07. The summed E-state index contributed by atoms with van der Waals surface area (Å²) in [5.41, 5.74) is 2.17. The van der Waals surface area contributed by atoms with Gasteiger partial charge in [0.05, 0.1) is 14.6 Å². The van der Waals surface area contributed by atoms with Gasteiger partial charge < -0.3 is 10.1 Å². The number of benzene rings is 1. The Labute approximate surface area is 160 Å². The van der Waals surface area contributed by atoms with Crippen molar-refractivity contribution >= 4 is 37.6 Å². The number of phenolic OH excluding ortho intramolecular Hbond substituents is 1. The molecule has 0 aliphatic carbocycles. The standard InChI is InChI=1S/C19H23Br2NO2/c1-18(2,3)12-7-10(8-13(16(12)24)19(4,5)6)15(23)11-9-22-17(21)14(11)20/h7-9,22,24H,1-6H3. The maximum absolute atomic E-state index is 13.0. The summed E-state index contributed by atoms with van der Waals surface area (Å²) >= 11 is 6.80. The number of aromatic nitrogens is 1. The summed E-state index contributed by atoms with van der Waals surface area (Å²) in [6, 6.07) is 3.61. The molecule has 0 atom stereocenters. The van der Waals surface area contributed by atoms with Gasteiger partial charge in [-0.1, -0.05) is 41.5 Å². The summed E-state index contributed by atoms with van der Waals surface area (Å²) in [6.45, 7) is 12.2. The molecule has 0 radical (unpaired) electrons. The number of aromatic hydroxyl groups is 1. The van der Waals surface area contributed by atoms with Gasteiger partial charge in [0.1, 0.15) is 5.75 Å². The van der Waals surface area contributed by atoms with Crippen LogP contribution in [0.1, 0.15) is 68.6 Å². The van der Waals surface area contributed by atoms with E-state index in [1.165, 1.54) is 0 Å². The molecule has 1 heterocycles. The second kappa shape index (κ2) is 6.34. The van der Waals surface area contributed by atoms with Crippen LogP contribution in [-0.4, -0.2) is 15.9 Å². The van der Waals surface area contributed by atoms with Gasteiger partial charge >= 0.3 is 0 Å². The molecular formula is C19H23Br2NO2. The lowest BCUT2D eigenvalue weighted by Crippen LogP contribution is -2.19. The van der Waals surface area contributed by atoms with E-state index in [0.717, 1.165) is 15.7 Å². The third kappa shape index (κ3) is 3.62. The Morgan fingerprint density at radius 2 is 1.46 bits per heavy atom. The van der Waals surface area contributed by atoms with Crippen LogP contribution in [0.5, 0.6) is 5.75 Å². The smallest absolute Gasteiger partial charge is 0.195 e. The van der Waals surface area contributed by atoms with E-state index in [1.54, 1.807) is 18.3 Å². The first kappa shape index (κ1) is 19.3. The largest absolute Gasteiger partial charge is 0.507 e. The Hall–Kier alpha value is -1.07. The zero-order chi connectivity index (χ0) is 18.4. The molecule has 5 heteroatoms. The van der Waals surface area contributed by atoms with E-state index >= 15 is 0 Å². The van der Waals surface area contributed by atoms with Crippen LogP contribution >= 0.6 is 31.9 Å². The van der Waals surface area contributed by atoms with Gasteiger partial charge in [0, 0.05) is 22.9 Å². The summed E-state index contributed by atoms with van der Waals surface area (Å²) in [5.74, 6) is 0.195. The first-order chi connectivity index (χ1) is 10.8. The molecule has 2 N–H and O–H groups in total. The zero-order valence-electron chi connectivity index (χ0n) is 14.8. The number of H-pyrrole nitrogens is 1. The van der Waals surface area contributed by atoms with Gasteiger partial charge in [-0.25, -0.2) is 0 Å². The van der Waals surface area contributed by atoms with Crippen LogP contribution in [0.3, 0.4) is 0 Å². The SMILES string of the molecule is CC(C)(C)c1cc(C(=O)c2c[nH]c(Br)c2Br)cc(C(C)(C)C)c1O. The number of ketones is 1. The van der Waals surface area contributed by atoms with Crippen molar-refractivity contribution in [1.82, 2.24) is 4.98 Å². The van der Waals surface area contributed by atoms with Crippen LogP contribution in [0, 0.1) is 0 Å². The van der Waals surface area contributed by atoms with Crippen molar-refractivity contribution in [3.05, 3.63) is 49.7 Å².